The SMILES string of the molecule is Cc1cc(N)cc(S(=O)(=O)NC2CCCC2C)c1C. The van der Waals surface area contributed by atoms with Gasteiger partial charge in [-0.1, -0.05) is 13.3 Å². The first-order valence-electron chi connectivity index (χ1n) is 6.70. The van der Waals surface area contributed by atoms with Crippen LogP contribution in [0.1, 0.15) is 37.3 Å². The Balaban J connectivity index is 2.34. The van der Waals surface area contributed by atoms with Gasteiger partial charge in [0.25, 0.3) is 0 Å². The number of nitrogens with two attached hydrogens (primary N) is 1. The summed E-state index contributed by atoms with van der Waals surface area (Å²) >= 11 is 0. The van der Waals surface area contributed by atoms with Crippen LogP contribution in [0.3, 0.4) is 0 Å². The van der Waals surface area contributed by atoms with Gasteiger partial charge in [0.1, 0.15) is 0 Å². The third-order valence-corrected chi connectivity index (χ3v) is 5.72. The molecule has 3 N–H and O–H groups in total. The fraction of sp³-hybridized carbons (Fsp3) is 0.571. The highest BCUT2D eigenvalue weighted by atomic mass is 32.2. The minimum Gasteiger partial charge on any atom is -0.399 e. The second kappa shape index (κ2) is 5.13. The van der Waals surface area contributed by atoms with Crippen LogP contribution in [-0.4, -0.2) is 14.5 Å². The largest absolute Gasteiger partial charge is 0.399 e. The van der Waals surface area contributed by atoms with Gasteiger partial charge in [-0.3, -0.25) is 0 Å². The van der Waals surface area contributed by atoms with E-state index in [0.717, 1.165) is 30.4 Å². The van der Waals surface area contributed by atoms with Crippen LogP contribution < -0.4 is 10.5 Å². The topological polar surface area (TPSA) is 72.2 Å². The number of hydrogen-bond donors (Lipinski definition) is 2. The zero-order valence-corrected chi connectivity index (χ0v) is 12.5. The summed E-state index contributed by atoms with van der Waals surface area (Å²) in [5.41, 5.74) is 7.93. The Morgan fingerprint density at radius 1 is 1.26 bits per heavy atom. The molecule has 0 saturated heterocycles. The third-order valence-electron chi connectivity index (χ3n) is 4.10. The van der Waals surface area contributed by atoms with Crippen LogP contribution in [0.15, 0.2) is 17.0 Å². The molecule has 0 aliphatic heterocycles. The van der Waals surface area contributed by atoms with Gasteiger partial charge in [0.05, 0.1) is 4.90 Å². The summed E-state index contributed by atoms with van der Waals surface area (Å²) in [6.07, 6.45) is 3.09. The molecule has 2 rings (SSSR count). The van der Waals surface area contributed by atoms with E-state index in [1.54, 1.807) is 12.1 Å². The van der Waals surface area contributed by atoms with Crippen molar-refractivity contribution >= 4 is 15.7 Å². The summed E-state index contributed by atoms with van der Waals surface area (Å²) in [5, 5.41) is 0. The van der Waals surface area contributed by atoms with Crippen molar-refractivity contribution in [3.8, 4) is 0 Å². The Kier molecular flexibility index (Phi) is 3.87. The van der Waals surface area contributed by atoms with Crippen LogP contribution in [0.2, 0.25) is 0 Å². The molecule has 1 saturated carbocycles. The van der Waals surface area contributed by atoms with E-state index in [1.807, 2.05) is 13.8 Å². The normalized spacial score (nSPS) is 23.7. The molecule has 2 atom stereocenters. The molecule has 5 heteroatoms. The van der Waals surface area contributed by atoms with Gasteiger partial charge < -0.3 is 5.73 Å². The first kappa shape index (κ1) is 14.3. The molecule has 4 nitrogen and oxygen atoms in total. The standard InChI is InChI=1S/C14H22N2O2S/c1-9-5-4-6-13(9)16-19(17,18)14-8-12(15)7-10(2)11(14)3/h7-9,13,16H,4-6,15H2,1-3H3. The van der Waals surface area contributed by atoms with E-state index in [4.69, 9.17) is 5.73 Å². The Hall–Kier alpha value is -1.07. The van der Waals surface area contributed by atoms with Crippen molar-refractivity contribution in [3.05, 3.63) is 23.3 Å². The van der Waals surface area contributed by atoms with E-state index < -0.39 is 10.0 Å². The molecule has 1 aromatic carbocycles. The van der Waals surface area contributed by atoms with Gasteiger partial charge in [-0.2, -0.15) is 0 Å². The van der Waals surface area contributed by atoms with Crippen molar-refractivity contribution in [2.45, 2.75) is 51.0 Å². The lowest BCUT2D eigenvalue weighted by atomic mass is 10.1. The van der Waals surface area contributed by atoms with Gasteiger partial charge in [0, 0.05) is 11.7 Å². The minimum absolute atomic E-state index is 0.0473. The van der Waals surface area contributed by atoms with Crippen molar-refractivity contribution < 1.29 is 8.42 Å². The maximum absolute atomic E-state index is 12.5. The van der Waals surface area contributed by atoms with E-state index in [0.29, 0.717) is 16.5 Å². The molecule has 0 amide bonds. The van der Waals surface area contributed by atoms with Crippen molar-refractivity contribution in [2.75, 3.05) is 5.73 Å². The van der Waals surface area contributed by atoms with Crippen molar-refractivity contribution in [1.29, 1.82) is 0 Å². The summed E-state index contributed by atoms with van der Waals surface area (Å²) < 4.78 is 27.8. The smallest absolute Gasteiger partial charge is 0.241 e. The molecule has 2 unspecified atom stereocenters. The summed E-state index contributed by atoms with van der Waals surface area (Å²) in [5.74, 6) is 0.400. The maximum Gasteiger partial charge on any atom is 0.241 e. The van der Waals surface area contributed by atoms with E-state index in [1.165, 1.54) is 0 Å². The number of nitrogens with one attached hydrogen (secondary N) is 1. The zero-order chi connectivity index (χ0) is 14.2. The summed E-state index contributed by atoms with van der Waals surface area (Å²) in [7, 11) is -3.48. The van der Waals surface area contributed by atoms with Crippen LogP contribution in [0, 0.1) is 19.8 Å². The second-order valence-corrected chi connectivity index (χ2v) is 7.28. The predicted molar refractivity (Wildman–Crippen MR) is 77.5 cm³/mol. The first-order chi connectivity index (χ1) is 8.81. The highest BCUT2D eigenvalue weighted by Crippen LogP contribution is 2.28. The van der Waals surface area contributed by atoms with Crippen LogP contribution in [0.5, 0.6) is 0 Å². The van der Waals surface area contributed by atoms with Crippen LogP contribution in [0.4, 0.5) is 5.69 Å². The lowest BCUT2D eigenvalue weighted by Gasteiger charge is -2.19. The second-order valence-electron chi connectivity index (χ2n) is 5.60. The maximum atomic E-state index is 12.5. The molecule has 0 bridgehead atoms. The molecule has 0 radical (unpaired) electrons. The fourth-order valence-corrected chi connectivity index (χ4v) is 4.45. The van der Waals surface area contributed by atoms with Gasteiger partial charge >= 0.3 is 0 Å². The molecule has 0 spiro atoms. The molecular weight excluding hydrogens is 260 g/mol. The number of aryl methyl sites for hydroxylation is 1. The summed E-state index contributed by atoms with van der Waals surface area (Å²) in [6, 6.07) is 3.39. The molecule has 1 aliphatic rings. The number of rotatable bonds is 3. The first-order valence-corrected chi connectivity index (χ1v) is 8.18. The average Bonchev–Trinajstić information content (AvgIpc) is 2.69. The average molecular weight is 282 g/mol. The lowest BCUT2D eigenvalue weighted by molar-refractivity contribution is 0.476. The summed E-state index contributed by atoms with van der Waals surface area (Å²) in [4.78, 5) is 0.309. The van der Waals surface area contributed by atoms with E-state index in [2.05, 4.69) is 11.6 Å². The van der Waals surface area contributed by atoms with Crippen LogP contribution in [0.25, 0.3) is 0 Å². The van der Waals surface area contributed by atoms with E-state index >= 15 is 0 Å². The zero-order valence-electron chi connectivity index (χ0n) is 11.7. The van der Waals surface area contributed by atoms with Crippen molar-refractivity contribution in [1.82, 2.24) is 4.72 Å². The van der Waals surface area contributed by atoms with E-state index in [-0.39, 0.29) is 6.04 Å². The molecule has 1 aromatic rings. The van der Waals surface area contributed by atoms with Gasteiger partial charge in [-0.25, -0.2) is 13.1 Å². The summed E-state index contributed by atoms with van der Waals surface area (Å²) in [6.45, 7) is 5.79. The molecule has 1 aliphatic carbocycles. The molecule has 19 heavy (non-hydrogen) atoms. The number of hydrogen-bond acceptors (Lipinski definition) is 3. The Morgan fingerprint density at radius 2 is 1.95 bits per heavy atom. The minimum atomic E-state index is -3.48. The fourth-order valence-electron chi connectivity index (χ4n) is 2.72. The Bertz CT molecular complexity index is 581. The number of anilines is 1. The molecule has 0 aromatic heterocycles. The van der Waals surface area contributed by atoms with E-state index in [9.17, 15) is 8.42 Å². The number of nitrogen functional groups attached to an aromatic ring is 1. The molecule has 1 fully saturated rings. The molecule has 0 heterocycles. The highest BCUT2D eigenvalue weighted by Gasteiger charge is 2.29. The van der Waals surface area contributed by atoms with Gasteiger partial charge in [0.2, 0.25) is 10.0 Å². The third kappa shape index (κ3) is 2.92. The van der Waals surface area contributed by atoms with Gasteiger partial charge in [-0.05, 0) is 55.9 Å². The van der Waals surface area contributed by atoms with Crippen LogP contribution >= 0.6 is 0 Å². The monoisotopic (exact) mass is 282 g/mol. The number of benzene rings is 1. The molecule has 106 valence electrons. The quantitative estimate of drug-likeness (QED) is 0.836. The number of sulfonamides is 1. The molecular formula is C14H22N2O2S. The highest BCUT2D eigenvalue weighted by molar-refractivity contribution is 7.89. The Labute approximate surface area is 115 Å². The van der Waals surface area contributed by atoms with Gasteiger partial charge in [-0.15, -0.1) is 0 Å². The van der Waals surface area contributed by atoms with Gasteiger partial charge in [0.15, 0.2) is 0 Å². The Morgan fingerprint density at radius 3 is 2.53 bits per heavy atom. The van der Waals surface area contributed by atoms with Crippen molar-refractivity contribution in [3.63, 3.8) is 0 Å². The predicted octanol–water partition coefficient (Wildman–Crippen LogP) is 2.35. The van der Waals surface area contributed by atoms with Crippen LogP contribution in [-0.2, 0) is 10.0 Å². The lowest BCUT2D eigenvalue weighted by Crippen LogP contribution is -2.36. The van der Waals surface area contributed by atoms with Crippen molar-refractivity contribution in [2.24, 2.45) is 5.92 Å².